The van der Waals surface area contributed by atoms with E-state index >= 15 is 0 Å². The van der Waals surface area contributed by atoms with Crippen molar-refractivity contribution in [3.63, 3.8) is 0 Å². The summed E-state index contributed by atoms with van der Waals surface area (Å²) in [6.07, 6.45) is 6.59. The van der Waals surface area contributed by atoms with Crippen LogP contribution in [0, 0.1) is 26.2 Å². The number of piperidine rings is 1. The molecule has 1 aromatic rings. The molecule has 2 aliphatic heterocycles. The first-order chi connectivity index (χ1) is 11.5. The lowest BCUT2D eigenvalue weighted by Crippen LogP contribution is -2.52. The van der Waals surface area contributed by atoms with Crippen LogP contribution in [0.1, 0.15) is 60.3 Å². The molecule has 3 aliphatic rings. The van der Waals surface area contributed by atoms with Crippen LogP contribution in [0.3, 0.4) is 0 Å². The molecule has 3 fully saturated rings. The molecule has 0 bridgehead atoms. The second-order valence-corrected chi connectivity index (χ2v) is 8.69. The van der Waals surface area contributed by atoms with E-state index in [9.17, 15) is 5.11 Å². The number of phenolic OH excluding ortho intramolecular Hbond substituents is 1. The molecule has 1 spiro atoms. The monoisotopic (exact) mass is 328 g/mol. The molecule has 0 unspecified atom stereocenters. The van der Waals surface area contributed by atoms with Gasteiger partial charge in [0.05, 0.1) is 0 Å². The summed E-state index contributed by atoms with van der Waals surface area (Å²) in [5.41, 5.74) is 5.46. The van der Waals surface area contributed by atoms with Gasteiger partial charge < -0.3 is 15.3 Å². The summed E-state index contributed by atoms with van der Waals surface area (Å²) in [7, 11) is 0. The van der Waals surface area contributed by atoms with Crippen molar-refractivity contribution in [3.05, 3.63) is 28.3 Å². The summed E-state index contributed by atoms with van der Waals surface area (Å²) in [6, 6.07) is 3.05. The molecule has 1 atom stereocenters. The lowest BCUT2D eigenvalue weighted by Gasteiger charge is -2.41. The zero-order chi connectivity index (χ0) is 16.9. The number of nitrogens with one attached hydrogen (secondary N) is 1. The number of aryl methyl sites for hydroxylation is 1. The molecule has 24 heavy (non-hydrogen) atoms. The minimum atomic E-state index is 0.528. The maximum atomic E-state index is 10.6. The summed E-state index contributed by atoms with van der Waals surface area (Å²) in [5.74, 6) is 1.08. The highest BCUT2D eigenvalue weighted by Crippen LogP contribution is 2.45. The predicted octanol–water partition coefficient (Wildman–Crippen LogP) is 3.64. The molecule has 2 heterocycles. The molecule has 0 amide bonds. The van der Waals surface area contributed by atoms with E-state index in [0.717, 1.165) is 11.6 Å². The normalized spacial score (nSPS) is 27.5. The van der Waals surface area contributed by atoms with Gasteiger partial charge in [0.2, 0.25) is 0 Å². The number of nitrogens with zero attached hydrogens (tertiary/aromatic N) is 1. The number of benzene rings is 1. The molecule has 3 nitrogen and oxygen atoms in total. The fourth-order valence-electron chi connectivity index (χ4n) is 5.27. The standard InChI is InChI=1S/C21H32N2O/c1-14-10-19(20(24)16(3)15(14)2)17-5-8-23(9-6-17)18-4-7-21(11-18)12-22-13-21/h10,17-18,22,24H,4-9,11-13H2,1-3H3/t18-/m1/s1. The van der Waals surface area contributed by atoms with E-state index < -0.39 is 0 Å². The van der Waals surface area contributed by atoms with Gasteiger partial charge >= 0.3 is 0 Å². The first kappa shape index (κ1) is 16.4. The third-order valence-corrected chi connectivity index (χ3v) is 7.32. The van der Waals surface area contributed by atoms with Gasteiger partial charge in [-0.15, -0.1) is 0 Å². The Kier molecular flexibility index (Phi) is 4.12. The molecular formula is C21H32N2O. The summed E-state index contributed by atoms with van der Waals surface area (Å²) in [5, 5.41) is 14.1. The lowest BCUT2D eigenvalue weighted by atomic mass is 9.80. The Hall–Kier alpha value is -1.06. The van der Waals surface area contributed by atoms with Crippen molar-refractivity contribution in [2.45, 2.75) is 64.8 Å². The van der Waals surface area contributed by atoms with Crippen molar-refractivity contribution in [3.8, 4) is 5.75 Å². The van der Waals surface area contributed by atoms with Crippen molar-refractivity contribution < 1.29 is 5.11 Å². The quantitative estimate of drug-likeness (QED) is 0.870. The highest BCUT2D eigenvalue weighted by Gasteiger charge is 2.45. The first-order valence-electron chi connectivity index (χ1n) is 9.73. The van der Waals surface area contributed by atoms with Gasteiger partial charge in [-0.3, -0.25) is 0 Å². The van der Waals surface area contributed by atoms with Crippen LogP contribution >= 0.6 is 0 Å². The Labute approximate surface area is 146 Å². The number of likely N-dealkylation sites (tertiary alicyclic amines) is 1. The summed E-state index contributed by atoms with van der Waals surface area (Å²) >= 11 is 0. The average Bonchev–Trinajstić information content (AvgIpc) is 3.02. The van der Waals surface area contributed by atoms with Gasteiger partial charge in [-0.25, -0.2) is 0 Å². The SMILES string of the molecule is Cc1cc(C2CCN([C@@H]3CCC4(CNC4)C3)CC2)c(O)c(C)c1C. The van der Waals surface area contributed by atoms with Gasteiger partial charge in [0.25, 0.3) is 0 Å². The van der Waals surface area contributed by atoms with Gasteiger partial charge in [0, 0.05) is 19.1 Å². The molecule has 2 N–H and O–H groups in total. The Bertz CT molecular complexity index is 627. The average molecular weight is 329 g/mol. The van der Waals surface area contributed by atoms with Crippen LogP contribution in [0.25, 0.3) is 0 Å². The molecule has 2 saturated heterocycles. The highest BCUT2D eigenvalue weighted by molar-refractivity contribution is 5.49. The van der Waals surface area contributed by atoms with Crippen LogP contribution in [0.4, 0.5) is 0 Å². The Balaban J connectivity index is 1.42. The fourth-order valence-corrected chi connectivity index (χ4v) is 5.27. The molecule has 1 saturated carbocycles. The maximum absolute atomic E-state index is 10.6. The first-order valence-corrected chi connectivity index (χ1v) is 9.73. The Morgan fingerprint density at radius 3 is 2.38 bits per heavy atom. The number of phenols is 1. The van der Waals surface area contributed by atoms with Crippen LogP contribution in [0.15, 0.2) is 6.07 Å². The maximum Gasteiger partial charge on any atom is 0.122 e. The lowest BCUT2D eigenvalue weighted by molar-refractivity contribution is 0.120. The minimum Gasteiger partial charge on any atom is -0.507 e. The third-order valence-electron chi connectivity index (χ3n) is 7.32. The largest absolute Gasteiger partial charge is 0.507 e. The highest BCUT2D eigenvalue weighted by atomic mass is 16.3. The molecule has 1 aromatic carbocycles. The van der Waals surface area contributed by atoms with E-state index in [2.05, 4.69) is 37.1 Å². The number of aromatic hydroxyl groups is 1. The Morgan fingerprint density at radius 2 is 1.79 bits per heavy atom. The van der Waals surface area contributed by atoms with Crippen molar-refractivity contribution in [1.29, 1.82) is 0 Å². The van der Waals surface area contributed by atoms with Crippen molar-refractivity contribution in [1.82, 2.24) is 10.2 Å². The Morgan fingerprint density at radius 1 is 1.08 bits per heavy atom. The van der Waals surface area contributed by atoms with Crippen molar-refractivity contribution in [2.24, 2.45) is 5.41 Å². The van der Waals surface area contributed by atoms with Crippen LogP contribution in [0.5, 0.6) is 5.75 Å². The topological polar surface area (TPSA) is 35.5 Å². The number of rotatable bonds is 2. The molecule has 0 radical (unpaired) electrons. The van der Waals surface area contributed by atoms with E-state index in [1.807, 2.05) is 0 Å². The van der Waals surface area contributed by atoms with Crippen LogP contribution in [0.2, 0.25) is 0 Å². The molecular weight excluding hydrogens is 296 g/mol. The summed E-state index contributed by atoms with van der Waals surface area (Å²) in [6.45, 7) is 11.2. The number of hydrogen-bond acceptors (Lipinski definition) is 3. The van der Waals surface area contributed by atoms with Gasteiger partial charge in [0.15, 0.2) is 0 Å². The van der Waals surface area contributed by atoms with Gasteiger partial charge in [-0.2, -0.15) is 0 Å². The van der Waals surface area contributed by atoms with Crippen LogP contribution in [-0.4, -0.2) is 42.2 Å². The zero-order valence-electron chi connectivity index (χ0n) is 15.5. The van der Waals surface area contributed by atoms with Gasteiger partial charge in [0.1, 0.15) is 5.75 Å². The summed E-state index contributed by atoms with van der Waals surface area (Å²) < 4.78 is 0. The van der Waals surface area contributed by atoms with E-state index in [4.69, 9.17) is 0 Å². The van der Waals surface area contributed by atoms with Crippen LogP contribution < -0.4 is 5.32 Å². The van der Waals surface area contributed by atoms with E-state index in [1.165, 1.54) is 75.0 Å². The van der Waals surface area contributed by atoms with Crippen LogP contribution in [-0.2, 0) is 0 Å². The molecule has 3 heteroatoms. The van der Waals surface area contributed by atoms with Gasteiger partial charge in [-0.05, 0) is 99.6 Å². The van der Waals surface area contributed by atoms with Crippen molar-refractivity contribution >= 4 is 0 Å². The molecule has 1 aliphatic carbocycles. The van der Waals surface area contributed by atoms with E-state index in [0.29, 0.717) is 17.1 Å². The smallest absolute Gasteiger partial charge is 0.122 e. The van der Waals surface area contributed by atoms with E-state index in [1.54, 1.807) is 0 Å². The van der Waals surface area contributed by atoms with E-state index in [-0.39, 0.29) is 0 Å². The zero-order valence-corrected chi connectivity index (χ0v) is 15.5. The molecule has 0 aromatic heterocycles. The van der Waals surface area contributed by atoms with Gasteiger partial charge in [-0.1, -0.05) is 6.07 Å². The minimum absolute atomic E-state index is 0.528. The fraction of sp³-hybridized carbons (Fsp3) is 0.714. The number of hydrogen-bond donors (Lipinski definition) is 2. The summed E-state index contributed by atoms with van der Waals surface area (Å²) in [4.78, 5) is 2.74. The molecule has 4 rings (SSSR count). The third kappa shape index (κ3) is 2.66. The molecule has 132 valence electrons. The predicted molar refractivity (Wildman–Crippen MR) is 98.8 cm³/mol. The second kappa shape index (κ2) is 6.03. The second-order valence-electron chi connectivity index (χ2n) is 8.69. The van der Waals surface area contributed by atoms with Crippen molar-refractivity contribution in [2.75, 3.05) is 26.2 Å².